The van der Waals surface area contributed by atoms with Gasteiger partial charge >= 0.3 is 6.18 Å². The summed E-state index contributed by atoms with van der Waals surface area (Å²) in [7, 11) is 0. The van der Waals surface area contributed by atoms with E-state index in [1.807, 2.05) is 0 Å². The second kappa shape index (κ2) is 6.37. The SMILES string of the molecule is CCC1CCCC1Nc1ccc(OCC(F)(F)F)cc1. The first-order valence-corrected chi connectivity index (χ1v) is 7.04. The van der Waals surface area contributed by atoms with Crippen molar-refractivity contribution in [2.24, 2.45) is 5.92 Å². The van der Waals surface area contributed by atoms with Gasteiger partial charge in [0.15, 0.2) is 6.61 Å². The van der Waals surface area contributed by atoms with Crippen LogP contribution < -0.4 is 10.1 Å². The summed E-state index contributed by atoms with van der Waals surface area (Å²) in [6.07, 6.45) is 0.508. The van der Waals surface area contributed by atoms with Gasteiger partial charge in [-0.05, 0) is 43.0 Å². The second-order valence-electron chi connectivity index (χ2n) is 5.28. The topological polar surface area (TPSA) is 21.3 Å². The third-order valence-corrected chi connectivity index (χ3v) is 3.79. The average molecular weight is 287 g/mol. The molecule has 2 unspecified atom stereocenters. The molecule has 1 aliphatic carbocycles. The number of ether oxygens (including phenoxy) is 1. The molecular formula is C15H20F3NO. The van der Waals surface area contributed by atoms with Crippen LogP contribution in [0.3, 0.4) is 0 Å². The molecule has 1 aromatic rings. The molecule has 2 nitrogen and oxygen atoms in total. The van der Waals surface area contributed by atoms with E-state index < -0.39 is 12.8 Å². The van der Waals surface area contributed by atoms with E-state index >= 15 is 0 Å². The standard InChI is InChI=1S/C15H20F3NO/c1-2-11-4-3-5-14(11)19-12-6-8-13(9-7-12)20-10-15(16,17)18/h6-9,11,14,19H,2-5,10H2,1H3. The zero-order valence-electron chi connectivity index (χ0n) is 11.5. The summed E-state index contributed by atoms with van der Waals surface area (Å²) in [5, 5.41) is 3.46. The minimum Gasteiger partial charge on any atom is -0.484 e. The first kappa shape index (κ1) is 15.0. The second-order valence-corrected chi connectivity index (χ2v) is 5.28. The van der Waals surface area contributed by atoms with Crippen LogP contribution in [0, 0.1) is 5.92 Å². The number of benzene rings is 1. The summed E-state index contributed by atoms with van der Waals surface area (Å²) >= 11 is 0. The maximum Gasteiger partial charge on any atom is 0.422 e. The Bertz CT molecular complexity index is 416. The molecule has 2 rings (SSSR count). The molecule has 1 aromatic carbocycles. The number of halogens is 3. The van der Waals surface area contributed by atoms with Crippen LogP contribution in [-0.2, 0) is 0 Å². The van der Waals surface area contributed by atoms with Gasteiger partial charge < -0.3 is 10.1 Å². The number of anilines is 1. The molecule has 0 aliphatic heterocycles. The largest absolute Gasteiger partial charge is 0.484 e. The zero-order chi connectivity index (χ0) is 14.6. The lowest BCUT2D eigenvalue weighted by molar-refractivity contribution is -0.153. The Kier molecular flexibility index (Phi) is 4.78. The van der Waals surface area contributed by atoms with Crippen molar-refractivity contribution in [2.45, 2.75) is 44.8 Å². The van der Waals surface area contributed by atoms with Gasteiger partial charge in [-0.25, -0.2) is 0 Å². The summed E-state index contributed by atoms with van der Waals surface area (Å²) in [5.74, 6) is 0.933. The van der Waals surface area contributed by atoms with E-state index in [0.29, 0.717) is 12.0 Å². The van der Waals surface area contributed by atoms with E-state index in [2.05, 4.69) is 17.0 Å². The molecule has 0 aromatic heterocycles. The fraction of sp³-hybridized carbons (Fsp3) is 0.600. The summed E-state index contributed by atoms with van der Waals surface area (Å²) in [6.45, 7) is 0.944. The van der Waals surface area contributed by atoms with Crippen molar-refractivity contribution in [1.29, 1.82) is 0 Å². The summed E-state index contributed by atoms with van der Waals surface area (Å²) in [5.41, 5.74) is 0.940. The molecule has 20 heavy (non-hydrogen) atoms. The smallest absolute Gasteiger partial charge is 0.422 e. The zero-order valence-corrected chi connectivity index (χ0v) is 11.5. The summed E-state index contributed by atoms with van der Waals surface area (Å²) < 4.78 is 40.8. The van der Waals surface area contributed by atoms with Crippen molar-refractivity contribution >= 4 is 5.69 Å². The molecule has 112 valence electrons. The lowest BCUT2D eigenvalue weighted by Gasteiger charge is -2.21. The van der Waals surface area contributed by atoms with E-state index in [-0.39, 0.29) is 5.75 Å². The van der Waals surface area contributed by atoms with E-state index in [1.165, 1.54) is 12.8 Å². The summed E-state index contributed by atoms with van der Waals surface area (Å²) in [4.78, 5) is 0. The first-order chi connectivity index (χ1) is 9.48. The maximum absolute atomic E-state index is 12.0. The first-order valence-electron chi connectivity index (χ1n) is 7.04. The van der Waals surface area contributed by atoms with E-state index in [0.717, 1.165) is 18.5 Å². The van der Waals surface area contributed by atoms with Crippen molar-refractivity contribution < 1.29 is 17.9 Å². The lowest BCUT2D eigenvalue weighted by atomic mass is 10.0. The number of nitrogens with one attached hydrogen (secondary N) is 1. The highest BCUT2D eigenvalue weighted by atomic mass is 19.4. The highest BCUT2D eigenvalue weighted by molar-refractivity contribution is 5.47. The molecule has 0 bridgehead atoms. The molecular weight excluding hydrogens is 267 g/mol. The van der Waals surface area contributed by atoms with E-state index in [9.17, 15) is 13.2 Å². The third-order valence-electron chi connectivity index (χ3n) is 3.79. The highest BCUT2D eigenvalue weighted by Crippen LogP contribution is 2.31. The Hall–Kier alpha value is -1.39. The van der Waals surface area contributed by atoms with Gasteiger partial charge in [0.25, 0.3) is 0 Å². The van der Waals surface area contributed by atoms with Gasteiger partial charge in [0.05, 0.1) is 0 Å². The van der Waals surface area contributed by atoms with E-state index in [1.54, 1.807) is 24.3 Å². The molecule has 0 saturated heterocycles. The monoisotopic (exact) mass is 287 g/mol. The normalized spacial score (nSPS) is 22.8. The molecule has 1 N–H and O–H groups in total. The van der Waals surface area contributed by atoms with Gasteiger partial charge in [0.2, 0.25) is 0 Å². The van der Waals surface area contributed by atoms with Crippen molar-refractivity contribution in [3.05, 3.63) is 24.3 Å². The molecule has 0 radical (unpaired) electrons. The Balaban J connectivity index is 1.88. The van der Waals surface area contributed by atoms with Crippen LogP contribution in [0.25, 0.3) is 0 Å². The number of alkyl halides is 3. The van der Waals surface area contributed by atoms with Crippen LogP contribution in [0.15, 0.2) is 24.3 Å². The van der Waals surface area contributed by atoms with Gasteiger partial charge in [-0.2, -0.15) is 13.2 Å². The molecule has 0 heterocycles. The Labute approximate surface area is 117 Å². The maximum atomic E-state index is 12.0. The number of hydrogen-bond acceptors (Lipinski definition) is 2. The van der Waals surface area contributed by atoms with Crippen LogP contribution in [0.4, 0.5) is 18.9 Å². The van der Waals surface area contributed by atoms with Crippen LogP contribution in [0.2, 0.25) is 0 Å². The fourth-order valence-corrected chi connectivity index (χ4v) is 2.74. The van der Waals surface area contributed by atoms with Crippen molar-refractivity contribution in [3.8, 4) is 5.75 Å². The third kappa shape index (κ3) is 4.32. The van der Waals surface area contributed by atoms with Gasteiger partial charge in [-0.15, -0.1) is 0 Å². The molecule has 1 aliphatic rings. The molecule has 2 atom stereocenters. The predicted molar refractivity (Wildman–Crippen MR) is 73.0 cm³/mol. The van der Waals surface area contributed by atoms with Gasteiger partial charge in [-0.3, -0.25) is 0 Å². The number of hydrogen-bond donors (Lipinski definition) is 1. The van der Waals surface area contributed by atoms with Crippen LogP contribution in [-0.4, -0.2) is 18.8 Å². The molecule has 0 amide bonds. The lowest BCUT2D eigenvalue weighted by Crippen LogP contribution is -2.23. The predicted octanol–water partition coefficient (Wildman–Crippen LogP) is 4.62. The fourth-order valence-electron chi connectivity index (χ4n) is 2.74. The van der Waals surface area contributed by atoms with Gasteiger partial charge in [0, 0.05) is 11.7 Å². The molecule has 1 fully saturated rings. The average Bonchev–Trinajstić information content (AvgIpc) is 2.84. The van der Waals surface area contributed by atoms with Gasteiger partial charge in [0.1, 0.15) is 5.75 Å². The highest BCUT2D eigenvalue weighted by Gasteiger charge is 2.28. The van der Waals surface area contributed by atoms with E-state index in [4.69, 9.17) is 0 Å². The van der Waals surface area contributed by atoms with Crippen molar-refractivity contribution in [3.63, 3.8) is 0 Å². The van der Waals surface area contributed by atoms with Crippen LogP contribution >= 0.6 is 0 Å². The Morgan fingerprint density at radius 2 is 1.90 bits per heavy atom. The van der Waals surface area contributed by atoms with Crippen LogP contribution in [0.1, 0.15) is 32.6 Å². The molecule has 5 heteroatoms. The molecule has 0 spiro atoms. The Morgan fingerprint density at radius 1 is 1.20 bits per heavy atom. The van der Waals surface area contributed by atoms with Crippen LogP contribution in [0.5, 0.6) is 5.75 Å². The Morgan fingerprint density at radius 3 is 2.50 bits per heavy atom. The molecule has 1 saturated carbocycles. The quantitative estimate of drug-likeness (QED) is 0.853. The van der Waals surface area contributed by atoms with Crippen molar-refractivity contribution in [2.75, 3.05) is 11.9 Å². The minimum atomic E-state index is -4.30. The van der Waals surface area contributed by atoms with Gasteiger partial charge in [-0.1, -0.05) is 19.8 Å². The minimum absolute atomic E-state index is 0.242. The summed E-state index contributed by atoms with van der Waals surface area (Å²) in [6, 6.07) is 7.17. The van der Waals surface area contributed by atoms with Crippen molar-refractivity contribution in [1.82, 2.24) is 0 Å². The number of rotatable bonds is 5.